The maximum Gasteiger partial charge on any atom is 0.352 e. The molecule has 0 unspecified atom stereocenters. The lowest BCUT2D eigenvalue weighted by Crippen LogP contribution is -2.28. The van der Waals surface area contributed by atoms with Gasteiger partial charge in [0.05, 0.1) is 12.7 Å². The quantitative estimate of drug-likeness (QED) is 0.460. The predicted octanol–water partition coefficient (Wildman–Crippen LogP) is 2.06. The summed E-state index contributed by atoms with van der Waals surface area (Å²) in [4.78, 5) is 40.7. The lowest BCUT2D eigenvalue weighted by atomic mass is 10.2. The van der Waals surface area contributed by atoms with Crippen LogP contribution in [0.3, 0.4) is 0 Å². The highest BCUT2D eigenvalue weighted by molar-refractivity contribution is 5.92. The van der Waals surface area contributed by atoms with Gasteiger partial charge in [-0.2, -0.15) is 4.98 Å². The fourth-order valence-electron chi connectivity index (χ4n) is 2.89. The van der Waals surface area contributed by atoms with Crippen molar-refractivity contribution in [2.45, 2.75) is 6.54 Å². The van der Waals surface area contributed by atoms with E-state index in [-0.39, 0.29) is 12.3 Å². The molecule has 0 aliphatic rings. The Hall–Kier alpha value is -4.47. The van der Waals surface area contributed by atoms with E-state index in [9.17, 15) is 14.4 Å². The fourth-order valence-corrected chi connectivity index (χ4v) is 2.89. The third-order valence-corrected chi connectivity index (χ3v) is 4.38. The highest BCUT2D eigenvalue weighted by Crippen LogP contribution is 2.14. The molecule has 0 fully saturated rings. The van der Waals surface area contributed by atoms with Crippen molar-refractivity contribution < 1.29 is 14.3 Å². The van der Waals surface area contributed by atoms with Crippen molar-refractivity contribution in [1.82, 2.24) is 19.2 Å². The number of methoxy groups -OCH3 is 1. The summed E-state index contributed by atoms with van der Waals surface area (Å²) < 4.78 is 6.93. The first-order valence-corrected chi connectivity index (χ1v) is 9.30. The summed E-state index contributed by atoms with van der Waals surface area (Å²) in [6.45, 7) is -0.289. The first kappa shape index (κ1) is 19.8. The molecule has 10 heteroatoms. The summed E-state index contributed by atoms with van der Waals surface area (Å²) in [5, 5.41) is 9.92. The van der Waals surface area contributed by atoms with E-state index in [1.807, 2.05) is 30.3 Å². The first-order chi connectivity index (χ1) is 15.0. The molecule has 10 nitrogen and oxygen atoms in total. The van der Waals surface area contributed by atoms with Gasteiger partial charge in [0.15, 0.2) is 0 Å². The first-order valence-electron chi connectivity index (χ1n) is 9.30. The summed E-state index contributed by atoms with van der Waals surface area (Å²) in [6, 6.07) is 17.3. The van der Waals surface area contributed by atoms with Gasteiger partial charge in [0, 0.05) is 17.6 Å². The van der Waals surface area contributed by atoms with Gasteiger partial charge in [-0.3, -0.25) is 4.79 Å². The predicted molar refractivity (Wildman–Crippen MR) is 113 cm³/mol. The van der Waals surface area contributed by atoms with Crippen LogP contribution in [-0.2, 0) is 16.1 Å². The van der Waals surface area contributed by atoms with Crippen molar-refractivity contribution in [3.05, 3.63) is 82.9 Å². The van der Waals surface area contributed by atoms with E-state index in [1.54, 1.807) is 24.4 Å². The van der Waals surface area contributed by atoms with Crippen molar-refractivity contribution in [3.63, 3.8) is 0 Å². The number of amides is 1. The van der Waals surface area contributed by atoms with Gasteiger partial charge in [-0.1, -0.05) is 18.2 Å². The second-order valence-corrected chi connectivity index (χ2v) is 6.53. The minimum Gasteiger partial charge on any atom is -0.465 e. The Bertz CT molecular complexity index is 1300. The van der Waals surface area contributed by atoms with Crippen molar-refractivity contribution in [2.75, 3.05) is 17.7 Å². The third-order valence-electron chi connectivity index (χ3n) is 4.38. The van der Waals surface area contributed by atoms with E-state index >= 15 is 0 Å². The van der Waals surface area contributed by atoms with Crippen LogP contribution in [0.25, 0.3) is 5.78 Å². The van der Waals surface area contributed by atoms with Crippen LogP contribution in [0.15, 0.2) is 71.7 Å². The number of esters is 1. The van der Waals surface area contributed by atoms with Gasteiger partial charge in [0.2, 0.25) is 5.91 Å². The Morgan fingerprint density at radius 2 is 1.74 bits per heavy atom. The maximum absolute atomic E-state index is 12.5. The molecule has 0 aliphatic heterocycles. The molecular formula is C21H18N6O4. The van der Waals surface area contributed by atoms with Crippen LogP contribution >= 0.6 is 0 Å². The number of aromatic nitrogens is 4. The lowest BCUT2D eigenvalue weighted by molar-refractivity contribution is -0.117. The Morgan fingerprint density at radius 3 is 2.45 bits per heavy atom. The lowest BCUT2D eigenvalue weighted by Gasteiger charge is -2.05. The topological polar surface area (TPSA) is 120 Å². The molecule has 0 saturated carbocycles. The number of ether oxygens (including phenoxy) is 1. The molecule has 31 heavy (non-hydrogen) atoms. The number of anilines is 3. The van der Waals surface area contributed by atoms with Gasteiger partial charge >= 0.3 is 11.7 Å². The molecule has 2 aromatic heterocycles. The average Bonchev–Trinajstić information content (AvgIpc) is 3.08. The molecule has 0 aliphatic carbocycles. The summed E-state index contributed by atoms with van der Waals surface area (Å²) in [6.07, 6.45) is 1.54. The van der Waals surface area contributed by atoms with Gasteiger partial charge in [0.1, 0.15) is 12.4 Å². The standard InChI is InChI=1S/C21H18N6O4/c1-31-19(29)14-7-9-16(10-8-14)23-18(28)13-27-21(30)26-12-11-17(24-20(26)25-27)22-15-5-3-2-4-6-15/h2-12H,13H2,1H3,(H,23,28)(H,22,24,25). The Balaban J connectivity index is 1.47. The highest BCUT2D eigenvalue weighted by atomic mass is 16.5. The number of carbonyl (C=O) groups excluding carboxylic acids is 2. The number of carbonyl (C=O) groups is 2. The van der Waals surface area contributed by atoms with Gasteiger partial charge in [0.25, 0.3) is 5.78 Å². The van der Waals surface area contributed by atoms with E-state index in [4.69, 9.17) is 0 Å². The second-order valence-electron chi connectivity index (χ2n) is 6.53. The Morgan fingerprint density at radius 1 is 1.00 bits per heavy atom. The van der Waals surface area contributed by atoms with Crippen molar-refractivity contribution in [3.8, 4) is 0 Å². The van der Waals surface area contributed by atoms with Crippen LogP contribution in [0.4, 0.5) is 17.2 Å². The van der Waals surface area contributed by atoms with E-state index in [0.29, 0.717) is 17.1 Å². The zero-order valence-corrected chi connectivity index (χ0v) is 16.5. The van der Waals surface area contributed by atoms with Crippen LogP contribution in [0.5, 0.6) is 0 Å². The van der Waals surface area contributed by atoms with Crippen molar-refractivity contribution in [1.29, 1.82) is 0 Å². The molecule has 0 saturated heterocycles. The number of benzene rings is 2. The van der Waals surface area contributed by atoms with Gasteiger partial charge in [-0.15, -0.1) is 5.10 Å². The van der Waals surface area contributed by atoms with E-state index in [2.05, 4.69) is 25.5 Å². The highest BCUT2D eigenvalue weighted by Gasteiger charge is 2.13. The van der Waals surface area contributed by atoms with Gasteiger partial charge < -0.3 is 15.4 Å². The molecule has 156 valence electrons. The number of fused-ring (bicyclic) bond motifs is 1. The SMILES string of the molecule is COC(=O)c1ccc(NC(=O)Cn2nc3nc(Nc4ccccc4)ccn3c2=O)cc1. The molecule has 0 bridgehead atoms. The van der Waals surface area contributed by atoms with E-state index in [0.717, 1.165) is 10.4 Å². The van der Waals surface area contributed by atoms with Crippen LogP contribution < -0.4 is 16.3 Å². The number of rotatable bonds is 6. The molecule has 0 spiro atoms. The third kappa shape index (κ3) is 4.42. The molecule has 2 aromatic carbocycles. The second kappa shape index (κ2) is 8.49. The monoisotopic (exact) mass is 418 g/mol. The van der Waals surface area contributed by atoms with Gasteiger partial charge in [-0.05, 0) is 42.5 Å². The minimum atomic E-state index is -0.482. The summed E-state index contributed by atoms with van der Waals surface area (Å²) in [7, 11) is 1.29. The fraction of sp³-hybridized carbons (Fsp3) is 0.0952. The molecule has 4 rings (SSSR count). The number of nitrogens with one attached hydrogen (secondary N) is 2. The number of para-hydroxylation sites is 1. The molecular weight excluding hydrogens is 400 g/mol. The molecule has 1 amide bonds. The van der Waals surface area contributed by atoms with E-state index in [1.165, 1.54) is 23.6 Å². The summed E-state index contributed by atoms with van der Waals surface area (Å²) in [5.74, 6) is -0.228. The van der Waals surface area contributed by atoms with Crippen molar-refractivity contribution in [2.24, 2.45) is 0 Å². The Labute approximate surface area is 176 Å². The van der Waals surface area contributed by atoms with Gasteiger partial charge in [-0.25, -0.2) is 18.7 Å². The van der Waals surface area contributed by atoms with Crippen molar-refractivity contribution >= 4 is 34.8 Å². The average molecular weight is 418 g/mol. The summed E-state index contributed by atoms with van der Waals surface area (Å²) >= 11 is 0. The number of hydrogen-bond acceptors (Lipinski definition) is 7. The maximum atomic E-state index is 12.5. The van der Waals surface area contributed by atoms with Crippen LogP contribution in [0.2, 0.25) is 0 Å². The van der Waals surface area contributed by atoms with Crippen LogP contribution in [0, 0.1) is 0 Å². The zero-order chi connectivity index (χ0) is 21.8. The number of nitrogens with zero attached hydrogens (tertiary/aromatic N) is 4. The molecule has 2 N–H and O–H groups in total. The molecule has 2 heterocycles. The zero-order valence-electron chi connectivity index (χ0n) is 16.5. The largest absolute Gasteiger partial charge is 0.465 e. The van der Waals surface area contributed by atoms with Crippen LogP contribution in [-0.4, -0.2) is 38.2 Å². The normalized spacial score (nSPS) is 10.6. The Kier molecular flexibility index (Phi) is 5.43. The van der Waals surface area contributed by atoms with E-state index < -0.39 is 17.6 Å². The molecule has 0 radical (unpaired) electrons. The summed E-state index contributed by atoms with van der Waals surface area (Å²) in [5.41, 5.74) is 1.20. The number of hydrogen-bond donors (Lipinski definition) is 2. The van der Waals surface area contributed by atoms with Crippen LogP contribution in [0.1, 0.15) is 10.4 Å². The minimum absolute atomic E-state index is 0.168. The molecule has 0 atom stereocenters. The molecule has 4 aromatic rings. The smallest absolute Gasteiger partial charge is 0.352 e.